The summed E-state index contributed by atoms with van der Waals surface area (Å²) in [4.78, 5) is 29.6. The molecule has 14 heteroatoms. The van der Waals surface area contributed by atoms with E-state index in [0.717, 1.165) is 39.0 Å². The lowest BCUT2D eigenvalue weighted by atomic mass is 10.00. The number of pyridine rings is 1. The third-order valence-corrected chi connectivity index (χ3v) is 8.18. The highest BCUT2D eigenvalue weighted by Crippen LogP contribution is 2.31. The first kappa shape index (κ1) is 30.2. The van der Waals surface area contributed by atoms with Crippen molar-refractivity contribution in [1.82, 2.24) is 9.88 Å². The van der Waals surface area contributed by atoms with Crippen LogP contribution in [0, 0.1) is 6.92 Å². The molecule has 2 aliphatic heterocycles. The Labute approximate surface area is 224 Å². The molecule has 0 aliphatic carbocycles. The van der Waals surface area contributed by atoms with Gasteiger partial charge in [-0.2, -0.15) is 13.2 Å². The maximum Gasteiger partial charge on any atom is 0.490 e. The molecule has 214 valence electrons. The molecule has 1 aromatic heterocycles. The van der Waals surface area contributed by atoms with Crippen LogP contribution in [0.25, 0.3) is 0 Å². The lowest BCUT2D eigenvalue weighted by Gasteiger charge is -2.40. The number of nitrogens with one attached hydrogen (secondary N) is 1. The van der Waals surface area contributed by atoms with Crippen LogP contribution >= 0.6 is 0 Å². The zero-order valence-corrected chi connectivity index (χ0v) is 22.1. The lowest BCUT2D eigenvalue weighted by molar-refractivity contribution is -0.192. The third-order valence-electron chi connectivity index (χ3n) is 6.65. The predicted molar refractivity (Wildman–Crippen MR) is 138 cm³/mol. The van der Waals surface area contributed by atoms with Crippen LogP contribution in [0.4, 0.5) is 24.7 Å². The van der Waals surface area contributed by atoms with E-state index in [4.69, 9.17) is 9.90 Å². The van der Waals surface area contributed by atoms with Crippen LogP contribution < -0.4 is 9.62 Å². The largest absolute Gasteiger partial charge is 0.490 e. The number of likely N-dealkylation sites (tertiary alicyclic amines) is 1. The molecular formula is C25H31F3N4O6S. The highest BCUT2D eigenvalue weighted by Gasteiger charge is 2.38. The second kappa shape index (κ2) is 12.6. The minimum atomic E-state index is -5.08. The predicted octanol–water partition coefficient (Wildman–Crippen LogP) is 3.98. The number of alkyl halides is 3. The Morgan fingerprint density at radius 2 is 1.62 bits per heavy atom. The van der Waals surface area contributed by atoms with Gasteiger partial charge < -0.3 is 20.0 Å². The molecule has 4 rings (SSSR count). The molecule has 2 aliphatic rings. The Morgan fingerprint density at radius 1 is 1.03 bits per heavy atom. The first-order valence-corrected chi connectivity index (χ1v) is 13.9. The number of aryl methyl sites for hydroxylation is 1. The van der Waals surface area contributed by atoms with Gasteiger partial charge >= 0.3 is 18.1 Å². The van der Waals surface area contributed by atoms with E-state index in [0.29, 0.717) is 17.4 Å². The van der Waals surface area contributed by atoms with Crippen LogP contribution in [0.2, 0.25) is 0 Å². The summed E-state index contributed by atoms with van der Waals surface area (Å²) in [5.74, 6) is -3.43. The summed E-state index contributed by atoms with van der Waals surface area (Å²) in [7, 11) is -3.89. The number of carboxylic acid groups (broad SMARTS) is 2. The number of sulfonamides is 1. The van der Waals surface area contributed by atoms with Gasteiger partial charge in [0.2, 0.25) is 0 Å². The Morgan fingerprint density at radius 3 is 2.15 bits per heavy atom. The van der Waals surface area contributed by atoms with Gasteiger partial charge in [0.25, 0.3) is 10.0 Å². The minimum Gasteiger partial charge on any atom is -0.478 e. The molecule has 10 nitrogen and oxygen atoms in total. The van der Waals surface area contributed by atoms with Crippen molar-refractivity contribution >= 4 is 33.5 Å². The molecule has 3 heterocycles. The van der Waals surface area contributed by atoms with Crippen LogP contribution in [0.5, 0.6) is 0 Å². The van der Waals surface area contributed by atoms with E-state index in [1.165, 1.54) is 37.6 Å². The second-order valence-electron chi connectivity index (χ2n) is 9.39. The zero-order chi connectivity index (χ0) is 28.8. The number of aromatic nitrogens is 1. The summed E-state index contributed by atoms with van der Waals surface area (Å²) in [6.07, 6.45) is 1.98. The number of carbonyl (C=O) groups is 2. The maximum absolute atomic E-state index is 13.1. The first-order chi connectivity index (χ1) is 18.3. The SMILES string of the molecule is Cc1ccccc1S(=O)(=O)Nc1cc(C(=O)O)cnc1N1CCC(N2CCCCC2)CC1.O=C(O)C(F)(F)F. The number of carboxylic acids is 2. The van der Waals surface area contributed by atoms with E-state index < -0.39 is 28.1 Å². The number of anilines is 2. The summed E-state index contributed by atoms with van der Waals surface area (Å²) < 4.78 is 60.5. The van der Waals surface area contributed by atoms with E-state index in [1.54, 1.807) is 25.1 Å². The number of aliphatic carboxylic acids is 1. The van der Waals surface area contributed by atoms with E-state index in [2.05, 4.69) is 19.5 Å². The van der Waals surface area contributed by atoms with Crippen molar-refractivity contribution in [2.45, 2.75) is 56.1 Å². The average molecular weight is 573 g/mol. The number of hydrogen-bond donors (Lipinski definition) is 3. The highest BCUT2D eigenvalue weighted by atomic mass is 32.2. The number of aromatic carboxylic acids is 1. The topological polar surface area (TPSA) is 140 Å². The van der Waals surface area contributed by atoms with Crippen molar-refractivity contribution < 1.29 is 41.4 Å². The van der Waals surface area contributed by atoms with Crippen LogP contribution in [0.15, 0.2) is 41.4 Å². The Kier molecular flexibility index (Phi) is 9.78. The molecule has 0 spiro atoms. The van der Waals surface area contributed by atoms with Crippen molar-refractivity contribution in [3.05, 3.63) is 47.7 Å². The fraction of sp³-hybridized carbons (Fsp3) is 0.480. The summed E-state index contributed by atoms with van der Waals surface area (Å²) in [5, 5.41) is 16.5. The van der Waals surface area contributed by atoms with Gasteiger partial charge in [0.05, 0.1) is 16.1 Å². The van der Waals surface area contributed by atoms with E-state index in [-0.39, 0.29) is 16.1 Å². The molecule has 3 N–H and O–H groups in total. The van der Waals surface area contributed by atoms with Gasteiger partial charge in [-0.3, -0.25) is 4.72 Å². The van der Waals surface area contributed by atoms with Gasteiger partial charge in [0.1, 0.15) is 0 Å². The molecule has 2 aromatic rings. The van der Waals surface area contributed by atoms with Gasteiger partial charge in [-0.15, -0.1) is 0 Å². The Bertz CT molecular complexity index is 1270. The van der Waals surface area contributed by atoms with Crippen LogP contribution in [0.3, 0.4) is 0 Å². The standard InChI is InChI=1S/C23H30N4O4S.C2HF3O2/c1-17-7-3-4-8-21(17)32(30,31)25-20-15-18(23(28)29)16-24-22(20)27-13-9-19(10-14-27)26-11-5-2-6-12-26;3-2(4,5)1(6)7/h3-4,7-8,15-16,19,25H,2,5-6,9-14H2,1H3,(H,28,29);(H,6,7). The van der Waals surface area contributed by atoms with Crippen molar-refractivity contribution in [2.24, 2.45) is 0 Å². The third kappa shape index (κ3) is 8.05. The smallest absolute Gasteiger partial charge is 0.478 e. The Balaban J connectivity index is 0.000000532. The number of rotatable bonds is 6. The van der Waals surface area contributed by atoms with E-state index in [9.17, 15) is 31.5 Å². The van der Waals surface area contributed by atoms with Gasteiger partial charge in [-0.1, -0.05) is 24.6 Å². The molecule has 2 fully saturated rings. The van der Waals surface area contributed by atoms with Crippen molar-refractivity contribution in [3.63, 3.8) is 0 Å². The first-order valence-electron chi connectivity index (χ1n) is 12.4. The summed E-state index contributed by atoms with van der Waals surface area (Å²) >= 11 is 0. The number of piperidine rings is 2. The van der Waals surface area contributed by atoms with Gasteiger partial charge in [-0.25, -0.2) is 23.0 Å². The van der Waals surface area contributed by atoms with Gasteiger partial charge in [-0.05, 0) is 63.4 Å². The summed E-state index contributed by atoms with van der Waals surface area (Å²) in [5.41, 5.74) is 0.759. The van der Waals surface area contributed by atoms with Crippen LogP contribution in [0.1, 0.15) is 48.0 Å². The van der Waals surface area contributed by atoms with Crippen molar-refractivity contribution in [2.75, 3.05) is 35.8 Å². The molecule has 0 amide bonds. The van der Waals surface area contributed by atoms with Crippen LogP contribution in [-0.2, 0) is 14.8 Å². The van der Waals surface area contributed by atoms with E-state index >= 15 is 0 Å². The van der Waals surface area contributed by atoms with Crippen molar-refractivity contribution in [3.8, 4) is 0 Å². The highest BCUT2D eigenvalue weighted by molar-refractivity contribution is 7.92. The summed E-state index contributed by atoms with van der Waals surface area (Å²) in [6.45, 7) is 5.53. The number of hydrogen-bond acceptors (Lipinski definition) is 7. The van der Waals surface area contributed by atoms with Crippen LogP contribution in [-0.4, -0.2) is 78.9 Å². The molecule has 0 unspecified atom stereocenters. The monoisotopic (exact) mass is 572 g/mol. The maximum atomic E-state index is 13.1. The quantitative estimate of drug-likeness (QED) is 0.469. The fourth-order valence-electron chi connectivity index (χ4n) is 4.69. The van der Waals surface area contributed by atoms with Gasteiger partial charge in [0.15, 0.2) is 5.82 Å². The number of halogens is 3. The molecular weight excluding hydrogens is 541 g/mol. The number of nitrogens with zero attached hydrogens (tertiary/aromatic N) is 3. The zero-order valence-electron chi connectivity index (χ0n) is 21.3. The molecule has 1 aromatic carbocycles. The fourth-order valence-corrected chi connectivity index (χ4v) is 5.98. The Hall–Kier alpha value is -3.39. The minimum absolute atomic E-state index is 0.0561. The second-order valence-corrected chi connectivity index (χ2v) is 11.0. The molecule has 0 radical (unpaired) electrons. The van der Waals surface area contributed by atoms with E-state index in [1.807, 2.05) is 0 Å². The summed E-state index contributed by atoms with van der Waals surface area (Å²) in [6, 6.07) is 8.61. The molecule has 39 heavy (non-hydrogen) atoms. The van der Waals surface area contributed by atoms with Gasteiger partial charge in [0, 0.05) is 25.3 Å². The molecule has 2 saturated heterocycles. The molecule has 0 atom stereocenters. The molecule has 0 saturated carbocycles. The average Bonchev–Trinajstić information content (AvgIpc) is 2.89. The number of benzene rings is 1. The normalized spacial score (nSPS) is 17.2. The van der Waals surface area contributed by atoms with Crippen molar-refractivity contribution in [1.29, 1.82) is 0 Å². The lowest BCUT2D eigenvalue weighted by Crippen LogP contribution is -2.47. The molecule has 0 bridgehead atoms.